The lowest BCUT2D eigenvalue weighted by atomic mass is 10.2. The molecule has 0 radical (unpaired) electrons. The van der Waals surface area contributed by atoms with E-state index in [2.05, 4.69) is 10.3 Å². The van der Waals surface area contributed by atoms with Crippen molar-refractivity contribution in [1.82, 2.24) is 10.3 Å². The Bertz CT molecular complexity index is 555. The standard InChI is InChI=1S/C15H19N3O2.ClH/c1-11(16)7-8-14(19)17-9-13-10-20-15(18-13)12-5-3-2-4-6-12;/h2-6,10-11H,7-9,16H2,1H3,(H,17,19);1H. The van der Waals surface area contributed by atoms with Crippen LogP contribution in [0.15, 0.2) is 41.0 Å². The summed E-state index contributed by atoms with van der Waals surface area (Å²) in [6.07, 6.45) is 2.68. The van der Waals surface area contributed by atoms with Crippen molar-refractivity contribution in [2.24, 2.45) is 5.73 Å². The molecule has 1 aromatic carbocycles. The molecule has 1 unspecified atom stereocenters. The molecular formula is C15H20ClN3O2. The van der Waals surface area contributed by atoms with Crippen LogP contribution in [0.2, 0.25) is 0 Å². The minimum absolute atomic E-state index is 0. The van der Waals surface area contributed by atoms with Gasteiger partial charge in [-0.15, -0.1) is 12.4 Å². The highest BCUT2D eigenvalue weighted by Gasteiger charge is 2.08. The van der Waals surface area contributed by atoms with E-state index in [-0.39, 0.29) is 24.4 Å². The second kappa shape index (κ2) is 8.44. The lowest BCUT2D eigenvalue weighted by Crippen LogP contribution is -2.25. The van der Waals surface area contributed by atoms with Crippen LogP contribution < -0.4 is 11.1 Å². The maximum absolute atomic E-state index is 11.6. The number of nitrogens with two attached hydrogens (primary N) is 1. The Morgan fingerprint density at radius 2 is 2.10 bits per heavy atom. The van der Waals surface area contributed by atoms with E-state index >= 15 is 0 Å². The number of benzene rings is 1. The van der Waals surface area contributed by atoms with Gasteiger partial charge < -0.3 is 15.5 Å². The van der Waals surface area contributed by atoms with Crippen LogP contribution in [0, 0.1) is 0 Å². The van der Waals surface area contributed by atoms with Crippen molar-refractivity contribution in [3.63, 3.8) is 0 Å². The highest BCUT2D eigenvalue weighted by atomic mass is 35.5. The minimum atomic E-state index is -0.0217. The summed E-state index contributed by atoms with van der Waals surface area (Å²) in [7, 11) is 0. The zero-order chi connectivity index (χ0) is 14.4. The minimum Gasteiger partial charge on any atom is -0.444 e. The van der Waals surface area contributed by atoms with Gasteiger partial charge in [0.25, 0.3) is 0 Å². The van der Waals surface area contributed by atoms with Crippen LogP contribution in [0.1, 0.15) is 25.5 Å². The Morgan fingerprint density at radius 1 is 1.38 bits per heavy atom. The number of nitrogens with one attached hydrogen (secondary N) is 1. The molecule has 6 heteroatoms. The molecule has 2 rings (SSSR count). The van der Waals surface area contributed by atoms with Gasteiger partial charge in [0.05, 0.1) is 12.2 Å². The lowest BCUT2D eigenvalue weighted by Gasteiger charge is -2.05. The normalized spacial score (nSPS) is 11.5. The van der Waals surface area contributed by atoms with E-state index in [0.29, 0.717) is 31.0 Å². The average molecular weight is 310 g/mol. The van der Waals surface area contributed by atoms with Gasteiger partial charge in [-0.3, -0.25) is 4.79 Å². The van der Waals surface area contributed by atoms with E-state index < -0.39 is 0 Å². The van der Waals surface area contributed by atoms with Crippen molar-refractivity contribution in [3.05, 3.63) is 42.3 Å². The second-order valence-corrected chi connectivity index (χ2v) is 4.80. The summed E-state index contributed by atoms with van der Waals surface area (Å²) in [5, 5.41) is 2.80. The smallest absolute Gasteiger partial charge is 0.226 e. The van der Waals surface area contributed by atoms with Gasteiger partial charge >= 0.3 is 0 Å². The van der Waals surface area contributed by atoms with Crippen LogP contribution in [-0.4, -0.2) is 16.9 Å². The molecule has 0 saturated heterocycles. The summed E-state index contributed by atoms with van der Waals surface area (Å²) in [5.74, 6) is 0.539. The van der Waals surface area contributed by atoms with Crippen molar-refractivity contribution in [2.75, 3.05) is 0 Å². The van der Waals surface area contributed by atoms with Gasteiger partial charge in [-0.1, -0.05) is 18.2 Å². The van der Waals surface area contributed by atoms with Crippen molar-refractivity contribution >= 4 is 18.3 Å². The Morgan fingerprint density at radius 3 is 2.76 bits per heavy atom. The third kappa shape index (κ3) is 5.57. The molecular weight excluding hydrogens is 290 g/mol. The van der Waals surface area contributed by atoms with Crippen LogP contribution >= 0.6 is 12.4 Å². The topological polar surface area (TPSA) is 81.2 Å². The fourth-order valence-electron chi connectivity index (χ4n) is 1.74. The van der Waals surface area contributed by atoms with Crippen LogP contribution in [-0.2, 0) is 11.3 Å². The number of hydrogen-bond acceptors (Lipinski definition) is 4. The Balaban J connectivity index is 0.00000220. The Labute approximate surface area is 130 Å². The van der Waals surface area contributed by atoms with E-state index in [4.69, 9.17) is 10.2 Å². The molecule has 0 fully saturated rings. The SMILES string of the molecule is CC(N)CCC(=O)NCc1coc(-c2ccccc2)n1.Cl. The predicted molar refractivity (Wildman–Crippen MR) is 83.9 cm³/mol. The first-order chi connectivity index (χ1) is 9.65. The van der Waals surface area contributed by atoms with Crippen molar-refractivity contribution in [3.8, 4) is 11.5 Å². The molecule has 3 N–H and O–H groups in total. The molecule has 114 valence electrons. The number of hydrogen-bond donors (Lipinski definition) is 2. The predicted octanol–water partition coefficient (Wildman–Crippen LogP) is 2.51. The molecule has 0 aliphatic heterocycles. The molecule has 1 heterocycles. The van der Waals surface area contributed by atoms with Crippen molar-refractivity contribution < 1.29 is 9.21 Å². The highest BCUT2D eigenvalue weighted by molar-refractivity contribution is 5.85. The largest absolute Gasteiger partial charge is 0.444 e. The molecule has 1 amide bonds. The van der Waals surface area contributed by atoms with Gasteiger partial charge in [-0.2, -0.15) is 0 Å². The van der Waals surface area contributed by atoms with Crippen LogP contribution in [0.3, 0.4) is 0 Å². The van der Waals surface area contributed by atoms with E-state index in [1.165, 1.54) is 0 Å². The summed E-state index contributed by atoms with van der Waals surface area (Å²) in [5.41, 5.74) is 7.23. The highest BCUT2D eigenvalue weighted by Crippen LogP contribution is 2.17. The molecule has 0 aliphatic rings. The van der Waals surface area contributed by atoms with E-state index in [1.54, 1.807) is 6.26 Å². The van der Waals surface area contributed by atoms with Gasteiger partial charge in [0.2, 0.25) is 11.8 Å². The molecule has 0 spiro atoms. The van der Waals surface area contributed by atoms with E-state index in [9.17, 15) is 4.79 Å². The Kier molecular flexibility index (Phi) is 6.91. The number of carbonyl (C=O) groups is 1. The fourth-order valence-corrected chi connectivity index (χ4v) is 1.74. The average Bonchev–Trinajstić information content (AvgIpc) is 2.93. The summed E-state index contributed by atoms with van der Waals surface area (Å²) in [4.78, 5) is 15.9. The first kappa shape index (κ1) is 17.2. The van der Waals surface area contributed by atoms with Gasteiger partial charge in [0.15, 0.2) is 0 Å². The first-order valence-electron chi connectivity index (χ1n) is 6.67. The number of amides is 1. The number of aromatic nitrogens is 1. The molecule has 1 atom stereocenters. The summed E-state index contributed by atoms with van der Waals surface area (Å²) >= 11 is 0. The monoisotopic (exact) mass is 309 g/mol. The molecule has 5 nitrogen and oxygen atoms in total. The fraction of sp³-hybridized carbons (Fsp3) is 0.333. The van der Waals surface area contributed by atoms with Gasteiger partial charge in [0.1, 0.15) is 6.26 Å². The van der Waals surface area contributed by atoms with Crippen molar-refractivity contribution in [1.29, 1.82) is 0 Å². The van der Waals surface area contributed by atoms with Gasteiger partial charge in [-0.05, 0) is 25.5 Å². The molecule has 2 aromatic rings. The molecule has 1 aromatic heterocycles. The van der Waals surface area contributed by atoms with Crippen molar-refractivity contribution in [2.45, 2.75) is 32.4 Å². The maximum atomic E-state index is 11.6. The van der Waals surface area contributed by atoms with Crippen LogP contribution in [0.5, 0.6) is 0 Å². The molecule has 0 aliphatic carbocycles. The molecule has 21 heavy (non-hydrogen) atoms. The quantitative estimate of drug-likeness (QED) is 0.859. The zero-order valence-corrected chi connectivity index (χ0v) is 12.7. The van der Waals surface area contributed by atoms with E-state index in [0.717, 1.165) is 5.56 Å². The van der Waals surface area contributed by atoms with Gasteiger partial charge in [0, 0.05) is 18.0 Å². The third-order valence-corrected chi connectivity index (χ3v) is 2.87. The number of oxazole rings is 1. The first-order valence-corrected chi connectivity index (χ1v) is 6.67. The third-order valence-electron chi connectivity index (χ3n) is 2.87. The zero-order valence-electron chi connectivity index (χ0n) is 11.9. The Hall–Kier alpha value is -1.85. The van der Waals surface area contributed by atoms with Gasteiger partial charge in [-0.25, -0.2) is 4.98 Å². The van der Waals surface area contributed by atoms with E-state index in [1.807, 2.05) is 37.3 Å². The maximum Gasteiger partial charge on any atom is 0.226 e. The second-order valence-electron chi connectivity index (χ2n) is 4.80. The number of halogens is 1. The summed E-state index contributed by atoms with van der Waals surface area (Å²) < 4.78 is 5.40. The van der Waals surface area contributed by atoms with Crippen LogP contribution in [0.4, 0.5) is 0 Å². The summed E-state index contributed by atoms with van der Waals surface area (Å²) in [6.45, 7) is 2.26. The number of carbonyl (C=O) groups excluding carboxylic acids is 1. The lowest BCUT2D eigenvalue weighted by molar-refractivity contribution is -0.121. The number of rotatable bonds is 6. The number of nitrogens with zero attached hydrogens (tertiary/aromatic N) is 1. The molecule has 0 bridgehead atoms. The molecule has 0 saturated carbocycles. The van der Waals surface area contributed by atoms with Crippen LogP contribution in [0.25, 0.3) is 11.5 Å². The summed E-state index contributed by atoms with van der Waals surface area (Å²) in [6, 6.07) is 9.68.